The summed E-state index contributed by atoms with van der Waals surface area (Å²) >= 11 is 0. The third kappa shape index (κ3) is 11.1. The van der Waals surface area contributed by atoms with Crippen LogP contribution in [0.2, 0.25) is 0 Å². The van der Waals surface area contributed by atoms with Crippen molar-refractivity contribution in [3.63, 3.8) is 0 Å². The van der Waals surface area contributed by atoms with Crippen molar-refractivity contribution in [3.8, 4) is 23.0 Å². The highest BCUT2D eigenvalue weighted by Crippen LogP contribution is 2.37. The number of aliphatic hydroxyl groups is 1. The minimum Gasteiger partial charge on any atom is -0.491 e. The Hall–Kier alpha value is -7.94. The number of primary amides is 2. The van der Waals surface area contributed by atoms with Crippen LogP contribution in [0.3, 0.4) is 0 Å². The van der Waals surface area contributed by atoms with Gasteiger partial charge in [0, 0.05) is 86.6 Å². The number of ether oxygens (including phenoxy) is 2. The van der Waals surface area contributed by atoms with Crippen molar-refractivity contribution in [1.82, 2.24) is 43.6 Å². The molecule has 3 amide bonds. The van der Waals surface area contributed by atoms with Crippen molar-refractivity contribution in [2.45, 2.75) is 98.8 Å². The van der Waals surface area contributed by atoms with Gasteiger partial charge in [0.25, 0.3) is 5.91 Å². The number of hydrogen-bond donors (Lipinski definition) is 5. The largest absolute Gasteiger partial charge is 0.491 e. The molecular weight excluding hydrogens is 889 g/mol. The number of aromatic nitrogens is 9. The smallest absolute Gasteiger partial charge is 0.303 e. The van der Waals surface area contributed by atoms with E-state index >= 15 is 0 Å². The number of carboxylic acids is 1. The SMILES string of the molecule is CCn1nc(C)cc1C(=O)Nc1nc2cc(C(N)=O)cc(OCCCO)c2n1C/C=C/Cn1c2nc(-c3cc(C)nn3CC)ncc2c2cc(C(N)=O)cc(OCCCCC(=O)CCCC(=O)O)c21. The third-order valence-electron chi connectivity index (χ3n) is 11.4. The molecule has 0 aliphatic rings. The number of ketones is 1. The second-order valence-corrected chi connectivity index (χ2v) is 16.4. The summed E-state index contributed by atoms with van der Waals surface area (Å²) in [5, 5.41) is 31.7. The van der Waals surface area contributed by atoms with Crippen LogP contribution in [-0.4, -0.2) is 103 Å². The van der Waals surface area contributed by atoms with Gasteiger partial charge in [-0.3, -0.25) is 38.7 Å². The molecule has 7 aromatic rings. The summed E-state index contributed by atoms with van der Waals surface area (Å²) in [6.07, 6.45) is 7.50. The zero-order valence-corrected chi connectivity index (χ0v) is 39.0. The lowest BCUT2D eigenvalue weighted by molar-refractivity contribution is -0.137. The predicted octanol–water partition coefficient (Wildman–Crippen LogP) is 5.49. The number of carboxylic acid groups (broad SMARTS) is 1. The second-order valence-electron chi connectivity index (χ2n) is 16.4. The standard InChI is InChI=1S/C48H56N12O9/c1-5-59-36(21-28(3)55-59)45-51-27-34-33-23-30(43(49)65)25-38(68-19-10-7-13-32(62)14-11-15-40(63)64)41(33)57(46(34)53-45)16-8-9-17-58-42-35(24-31(44(50)66)26-39(42)69-20-12-18-61)52-48(58)54-47(67)37-22-29(4)56-60(37)6-2/h8-9,21-27,61H,5-7,10-20H2,1-4H3,(H2,49,65)(H2,50,66)(H,63,64)(H,52,54,67)/b9-8+. The number of nitrogens with two attached hydrogens (primary N) is 2. The molecule has 0 spiro atoms. The van der Waals surface area contributed by atoms with Gasteiger partial charge < -0.3 is 40.3 Å². The summed E-state index contributed by atoms with van der Waals surface area (Å²) in [6, 6.07) is 9.89. The Bertz CT molecular complexity index is 3110. The van der Waals surface area contributed by atoms with Crippen LogP contribution >= 0.6 is 0 Å². The van der Waals surface area contributed by atoms with Crippen LogP contribution in [0.5, 0.6) is 11.5 Å². The van der Waals surface area contributed by atoms with Crippen molar-refractivity contribution < 1.29 is 43.7 Å². The third-order valence-corrected chi connectivity index (χ3v) is 11.4. The molecule has 0 aliphatic heterocycles. The molecule has 21 heteroatoms. The summed E-state index contributed by atoms with van der Waals surface area (Å²) in [5.74, 6) is -1.57. The Morgan fingerprint density at radius 2 is 1.36 bits per heavy atom. The summed E-state index contributed by atoms with van der Waals surface area (Å²) in [7, 11) is 0. The molecule has 0 saturated carbocycles. The zero-order chi connectivity index (χ0) is 49.4. The first-order valence-electron chi connectivity index (χ1n) is 22.8. The van der Waals surface area contributed by atoms with Gasteiger partial charge in [0.2, 0.25) is 17.8 Å². The van der Waals surface area contributed by atoms with E-state index in [4.69, 9.17) is 41.0 Å². The Kier molecular flexibility index (Phi) is 15.5. The minimum absolute atomic E-state index is 0.0201. The van der Waals surface area contributed by atoms with Crippen molar-refractivity contribution in [1.29, 1.82) is 0 Å². The number of imidazole rings is 1. The van der Waals surface area contributed by atoms with Crippen molar-refractivity contribution in [2.24, 2.45) is 11.5 Å². The van der Waals surface area contributed by atoms with Gasteiger partial charge >= 0.3 is 5.97 Å². The van der Waals surface area contributed by atoms with Crippen LogP contribution < -0.4 is 26.3 Å². The number of nitrogens with one attached hydrogen (secondary N) is 1. The number of hydrogen-bond acceptors (Lipinski definition) is 13. The van der Waals surface area contributed by atoms with Gasteiger partial charge in [0.05, 0.1) is 35.6 Å². The lowest BCUT2D eigenvalue weighted by Crippen LogP contribution is -2.20. The lowest BCUT2D eigenvalue weighted by atomic mass is 10.1. The van der Waals surface area contributed by atoms with Crippen LogP contribution in [0, 0.1) is 13.8 Å². The molecule has 7 N–H and O–H groups in total. The normalized spacial score (nSPS) is 11.6. The fourth-order valence-electron chi connectivity index (χ4n) is 8.15. The molecule has 362 valence electrons. The number of aryl methyl sites for hydroxylation is 4. The van der Waals surface area contributed by atoms with E-state index in [0.717, 1.165) is 5.69 Å². The average molecular weight is 945 g/mol. The van der Waals surface area contributed by atoms with E-state index in [1.165, 1.54) is 12.1 Å². The summed E-state index contributed by atoms with van der Waals surface area (Å²) < 4.78 is 19.6. The monoisotopic (exact) mass is 944 g/mol. The van der Waals surface area contributed by atoms with Crippen LogP contribution in [0.25, 0.3) is 44.5 Å². The first kappa shape index (κ1) is 49.0. The zero-order valence-electron chi connectivity index (χ0n) is 39.0. The first-order chi connectivity index (χ1) is 33.2. The van der Waals surface area contributed by atoms with Crippen molar-refractivity contribution in [3.05, 3.63) is 83.0 Å². The van der Waals surface area contributed by atoms with Gasteiger partial charge in [-0.2, -0.15) is 10.2 Å². The van der Waals surface area contributed by atoms with E-state index < -0.39 is 23.7 Å². The molecular formula is C48H56N12O9. The Labute approximate surface area is 396 Å². The molecule has 69 heavy (non-hydrogen) atoms. The van der Waals surface area contributed by atoms with Gasteiger partial charge in [0.1, 0.15) is 39.8 Å². The molecule has 7 rings (SSSR count). The van der Waals surface area contributed by atoms with Gasteiger partial charge in [-0.05, 0) is 83.4 Å². The average Bonchev–Trinajstić information content (AvgIpc) is 4.08. The molecule has 0 saturated heterocycles. The van der Waals surface area contributed by atoms with E-state index in [1.54, 1.807) is 40.6 Å². The molecule has 0 aliphatic carbocycles. The molecule has 5 aromatic heterocycles. The quantitative estimate of drug-likeness (QED) is 0.0350. The summed E-state index contributed by atoms with van der Waals surface area (Å²) in [6.45, 7) is 9.12. The van der Waals surface area contributed by atoms with Gasteiger partial charge in [0.15, 0.2) is 5.82 Å². The van der Waals surface area contributed by atoms with Gasteiger partial charge in [-0.25, -0.2) is 15.0 Å². The molecule has 21 nitrogen and oxygen atoms in total. The van der Waals surface area contributed by atoms with Crippen LogP contribution in [-0.2, 0) is 35.8 Å². The topological polar surface area (TPSA) is 293 Å². The predicted molar refractivity (Wildman–Crippen MR) is 256 cm³/mol. The number of aliphatic carboxylic acids is 1. The number of allylic oxidation sites excluding steroid dienone is 2. The number of rotatable bonds is 25. The van der Waals surface area contributed by atoms with Crippen LogP contribution in [0.4, 0.5) is 5.95 Å². The number of benzene rings is 2. The number of unbranched alkanes of at least 4 members (excludes halogenated alkanes) is 1. The first-order valence-corrected chi connectivity index (χ1v) is 22.8. The van der Waals surface area contributed by atoms with E-state index in [2.05, 4.69) is 15.5 Å². The van der Waals surface area contributed by atoms with Crippen molar-refractivity contribution in [2.75, 3.05) is 25.1 Å². The van der Waals surface area contributed by atoms with E-state index in [9.17, 15) is 29.1 Å². The van der Waals surface area contributed by atoms with Gasteiger partial charge in [-0.1, -0.05) is 12.2 Å². The number of Topliss-reactive ketones (excluding diaryl/α,β-unsaturated/α-hetero) is 1. The molecule has 2 aromatic carbocycles. The summed E-state index contributed by atoms with van der Waals surface area (Å²) in [4.78, 5) is 77.0. The van der Waals surface area contributed by atoms with E-state index in [-0.39, 0.29) is 87.2 Å². The number of carbonyl (C=O) groups is 5. The minimum atomic E-state index is -0.941. The molecule has 5 heterocycles. The van der Waals surface area contributed by atoms with Crippen LogP contribution in [0.1, 0.15) is 101 Å². The molecule has 0 radical (unpaired) electrons. The lowest BCUT2D eigenvalue weighted by Gasteiger charge is -2.13. The maximum atomic E-state index is 13.8. The highest BCUT2D eigenvalue weighted by Gasteiger charge is 2.24. The fourth-order valence-corrected chi connectivity index (χ4v) is 8.15. The Morgan fingerprint density at radius 3 is 2.04 bits per heavy atom. The number of carbonyl (C=O) groups excluding carboxylic acids is 4. The van der Waals surface area contributed by atoms with E-state index in [1.807, 2.05) is 48.2 Å². The van der Waals surface area contributed by atoms with Crippen molar-refractivity contribution >= 4 is 68.4 Å². The maximum Gasteiger partial charge on any atom is 0.303 e. The number of nitrogens with zero attached hydrogens (tertiary/aromatic N) is 9. The highest BCUT2D eigenvalue weighted by molar-refractivity contribution is 6.12. The number of fused-ring (bicyclic) bond motifs is 4. The number of amides is 3. The fraction of sp³-hybridized carbons (Fsp3) is 0.375. The maximum absolute atomic E-state index is 13.8. The molecule has 0 fully saturated rings. The molecule has 0 unspecified atom stereocenters. The molecule has 0 atom stereocenters. The molecule has 0 bridgehead atoms. The number of anilines is 1. The second kappa shape index (κ2) is 21.8. The van der Waals surface area contributed by atoms with E-state index in [0.29, 0.717) is 94.0 Å². The Balaban J connectivity index is 1.29. The van der Waals surface area contributed by atoms with Crippen LogP contribution in [0.15, 0.2) is 54.7 Å². The Morgan fingerprint density at radius 1 is 0.725 bits per heavy atom. The summed E-state index contributed by atoms with van der Waals surface area (Å²) in [5.41, 5.74) is 16.4. The highest BCUT2D eigenvalue weighted by atomic mass is 16.5. The van der Waals surface area contributed by atoms with Gasteiger partial charge in [-0.15, -0.1) is 0 Å². The number of aliphatic hydroxyl groups excluding tert-OH is 1.